The molecule has 1 heterocycles. The summed E-state index contributed by atoms with van der Waals surface area (Å²) >= 11 is 0. The first kappa shape index (κ1) is 16.2. The van der Waals surface area contributed by atoms with E-state index in [4.69, 9.17) is 0 Å². The number of aliphatic hydroxyl groups is 1. The van der Waals surface area contributed by atoms with E-state index in [2.05, 4.69) is 6.92 Å². The molecule has 0 fully saturated rings. The molecule has 0 aromatic heterocycles. The lowest BCUT2D eigenvalue weighted by molar-refractivity contribution is 0.540. The molecule has 1 aromatic carbocycles. The minimum absolute atomic E-state index is 0.0586. The lowest BCUT2D eigenvalue weighted by Crippen LogP contribution is -2.37. The topological polar surface area (TPSA) is 76.4 Å². The normalized spacial score (nSPS) is 12.5. The van der Waals surface area contributed by atoms with Gasteiger partial charge in [-0.3, -0.25) is 19.0 Å². The van der Waals surface area contributed by atoms with Crippen LogP contribution in [0.1, 0.15) is 32.6 Å². The van der Waals surface area contributed by atoms with Crippen molar-refractivity contribution in [3.05, 3.63) is 60.4 Å². The molecule has 1 aliphatic heterocycles. The SMILES string of the molecule is CCCCCCn1c(=O)c2cc(=CO)c(=O)c3cccc(c3-2)c1=O. The highest BCUT2D eigenvalue weighted by Gasteiger charge is 2.20. The Morgan fingerprint density at radius 1 is 1.04 bits per heavy atom. The monoisotopic (exact) mass is 325 g/mol. The summed E-state index contributed by atoms with van der Waals surface area (Å²) in [6, 6.07) is 6.23. The Hall–Kier alpha value is -2.69. The van der Waals surface area contributed by atoms with Gasteiger partial charge >= 0.3 is 0 Å². The summed E-state index contributed by atoms with van der Waals surface area (Å²) in [5.41, 5.74) is -0.434. The van der Waals surface area contributed by atoms with Gasteiger partial charge in [0.15, 0.2) is 5.43 Å². The second kappa shape index (κ2) is 6.43. The third-order valence-corrected chi connectivity index (χ3v) is 4.47. The number of unbranched alkanes of at least 4 members (excludes halogenated alkanes) is 3. The molecule has 0 unspecified atom stereocenters. The van der Waals surface area contributed by atoms with E-state index in [0.29, 0.717) is 29.3 Å². The quantitative estimate of drug-likeness (QED) is 0.727. The van der Waals surface area contributed by atoms with Gasteiger partial charge in [-0.15, -0.1) is 0 Å². The Balaban J connectivity index is 2.32. The van der Waals surface area contributed by atoms with E-state index in [0.717, 1.165) is 25.7 Å². The number of hydrogen-bond acceptors (Lipinski definition) is 4. The molecular weight excluding hydrogens is 306 g/mol. The van der Waals surface area contributed by atoms with E-state index in [1.165, 1.54) is 10.6 Å². The smallest absolute Gasteiger partial charge is 0.261 e. The van der Waals surface area contributed by atoms with Crippen molar-refractivity contribution in [3.8, 4) is 11.1 Å². The maximum Gasteiger partial charge on any atom is 0.261 e. The highest BCUT2D eigenvalue weighted by molar-refractivity contribution is 5.96. The standard InChI is InChI=1S/C19H19NO4/c1-2-3-4-5-9-20-18(23)14-8-6-7-13-16(14)15(19(20)24)10-12(11-21)17(13)22/h6-8,10-11,21H,2-5,9H2,1H3. The number of pyridine rings is 1. The Bertz CT molecular complexity index is 1070. The second-order valence-electron chi connectivity index (χ2n) is 6.02. The van der Waals surface area contributed by atoms with Crippen LogP contribution in [0.15, 0.2) is 38.6 Å². The van der Waals surface area contributed by atoms with Crippen LogP contribution in [0.25, 0.3) is 28.2 Å². The zero-order valence-electron chi connectivity index (χ0n) is 13.5. The summed E-state index contributed by atoms with van der Waals surface area (Å²) in [6.45, 7) is 2.46. The van der Waals surface area contributed by atoms with E-state index < -0.39 is 5.56 Å². The maximum absolute atomic E-state index is 12.8. The van der Waals surface area contributed by atoms with Crippen LogP contribution >= 0.6 is 0 Å². The molecule has 5 nitrogen and oxygen atoms in total. The van der Waals surface area contributed by atoms with Gasteiger partial charge in [0.2, 0.25) is 0 Å². The molecule has 0 amide bonds. The van der Waals surface area contributed by atoms with Crippen LogP contribution in [0.4, 0.5) is 0 Å². The van der Waals surface area contributed by atoms with Crippen LogP contribution in [0, 0.1) is 0 Å². The molecule has 1 aliphatic carbocycles. The van der Waals surface area contributed by atoms with Crippen LogP contribution in [0.2, 0.25) is 0 Å². The van der Waals surface area contributed by atoms with Crippen LogP contribution in [0.3, 0.4) is 0 Å². The summed E-state index contributed by atoms with van der Waals surface area (Å²) < 4.78 is 1.25. The fourth-order valence-electron chi connectivity index (χ4n) is 3.21. The van der Waals surface area contributed by atoms with Gasteiger partial charge in [0, 0.05) is 28.4 Å². The summed E-state index contributed by atoms with van der Waals surface area (Å²) in [6.07, 6.45) is 4.56. The molecule has 0 saturated carbocycles. The zero-order valence-corrected chi connectivity index (χ0v) is 13.5. The van der Waals surface area contributed by atoms with Gasteiger partial charge in [-0.1, -0.05) is 38.3 Å². The van der Waals surface area contributed by atoms with Crippen molar-refractivity contribution in [1.82, 2.24) is 4.57 Å². The van der Waals surface area contributed by atoms with Crippen molar-refractivity contribution in [2.24, 2.45) is 0 Å². The van der Waals surface area contributed by atoms with Gasteiger partial charge in [0.05, 0.1) is 11.5 Å². The molecule has 5 heteroatoms. The Kier molecular flexibility index (Phi) is 4.34. The number of aromatic nitrogens is 1. The highest BCUT2D eigenvalue weighted by Crippen LogP contribution is 2.24. The Morgan fingerprint density at radius 2 is 1.79 bits per heavy atom. The number of benzene rings is 2. The van der Waals surface area contributed by atoms with Gasteiger partial charge in [-0.05, 0) is 18.6 Å². The van der Waals surface area contributed by atoms with Crippen molar-refractivity contribution in [2.45, 2.75) is 39.2 Å². The Morgan fingerprint density at radius 3 is 2.50 bits per heavy atom. The molecule has 0 radical (unpaired) electrons. The van der Waals surface area contributed by atoms with Gasteiger partial charge in [0.1, 0.15) is 0 Å². The fraction of sp³-hybridized carbons (Fsp3) is 0.316. The van der Waals surface area contributed by atoms with E-state index in [-0.39, 0.29) is 21.6 Å². The second-order valence-corrected chi connectivity index (χ2v) is 6.02. The van der Waals surface area contributed by atoms with E-state index in [1.54, 1.807) is 18.2 Å². The third-order valence-electron chi connectivity index (χ3n) is 4.47. The Labute approximate surface area is 138 Å². The molecular formula is C19H19NO4. The van der Waals surface area contributed by atoms with Gasteiger partial charge in [-0.25, -0.2) is 0 Å². The van der Waals surface area contributed by atoms with Crippen LogP contribution in [-0.2, 0) is 6.54 Å². The van der Waals surface area contributed by atoms with Crippen molar-refractivity contribution in [1.29, 1.82) is 0 Å². The highest BCUT2D eigenvalue weighted by atomic mass is 16.2. The van der Waals surface area contributed by atoms with Crippen molar-refractivity contribution in [2.75, 3.05) is 0 Å². The first-order valence-corrected chi connectivity index (χ1v) is 8.20. The number of hydrogen-bond donors (Lipinski definition) is 1. The number of rotatable bonds is 5. The average Bonchev–Trinajstić information content (AvgIpc) is 2.60. The predicted molar refractivity (Wildman–Crippen MR) is 95.0 cm³/mol. The van der Waals surface area contributed by atoms with E-state index >= 15 is 0 Å². The molecule has 2 aliphatic rings. The first-order valence-electron chi connectivity index (χ1n) is 8.20. The van der Waals surface area contributed by atoms with Crippen molar-refractivity contribution >= 4 is 17.0 Å². The summed E-state index contributed by atoms with van der Waals surface area (Å²) in [5.74, 6) is 0. The molecule has 1 aromatic rings. The molecule has 0 bridgehead atoms. The molecule has 24 heavy (non-hydrogen) atoms. The minimum atomic E-state index is -0.400. The molecule has 0 saturated heterocycles. The molecule has 1 N–H and O–H groups in total. The lowest BCUT2D eigenvalue weighted by Gasteiger charge is -2.13. The fourth-order valence-corrected chi connectivity index (χ4v) is 3.21. The van der Waals surface area contributed by atoms with Crippen molar-refractivity contribution in [3.63, 3.8) is 0 Å². The third kappa shape index (κ3) is 2.46. The van der Waals surface area contributed by atoms with Gasteiger partial charge in [-0.2, -0.15) is 0 Å². The first-order chi connectivity index (χ1) is 11.6. The number of nitrogens with zero attached hydrogens (tertiary/aromatic N) is 1. The summed E-state index contributed by atoms with van der Waals surface area (Å²) in [5, 5.41) is 10.00. The van der Waals surface area contributed by atoms with Gasteiger partial charge < -0.3 is 5.11 Å². The van der Waals surface area contributed by atoms with Gasteiger partial charge in [0.25, 0.3) is 11.1 Å². The predicted octanol–water partition coefficient (Wildman–Crippen LogP) is 1.86. The van der Waals surface area contributed by atoms with Crippen molar-refractivity contribution < 1.29 is 5.11 Å². The molecule has 3 rings (SSSR count). The zero-order chi connectivity index (χ0) is 17.3. The summed E-state index contributed by atoms with van der Waals surface area (Å²) in [4.78, 5) is 37.8. The number of aliphatic hydroxyl groups excluding tert-OH is 1. The minimum Gasteiger partial charge on any atom is -0.515 e. The van der Waals surface area contributed by atoms with Crippen LogP contribution < -0.4 is 21.8 Å². The lowest BCUT2D eigenvalue weighted by atomic mass is 9.95. The van der Waals surface area contributed by atoms with E-state index in [1.807, 2.05) is 0 Å². The van der Waals surface area contributed by atoms with E-state index in [9.17, 15) is 19.5 Å². The maximum atomic E-state index is 12.8. The van der Waals surface area contributed by atoms with Crippen LogP contribution in [-0.4, -0.2) is 9.67 Å². The largest absolute Gasteiger partial charge is 0.515 e. The molecule has 124 valence electrons. The molecule has 0 atom stereocenters. The van der Waals surface area contributed by atoms with Crippen LogP contribution in [0.5, 0.6) is 0 Å². The molecule has 0 spiro atoms. The summed E-state index contributed by atoms with van der Waals surface area (Å²) in [7, 11) is 0. The average molecular weight is 325 g/mol.